The van der Waals surface area contributed by atoms with Crippen molar-refractivity contribution in [3.8, 4) is 10.6 Å². The van der Waals surface area contributed by atoms with E-state index in [1.54, 1.807) is 31.2 Å². The van der Waals surface area contributed by atoms with Crippen LogP contribution in [0.5, 0.6) is 0 Å². The lowest BCUT2D eigenvalue weighted by molar-refractivity contribution is -0.115. The number of nitrogens with zero attached hydrogens (tertiary/aromatic N) is 4. The Bertz CT molecular complexity index is 1030. The minimum absolute atomic E-state index is 0.0873. The van der Waals surface area contributed by atoms with E-state index in [1.807, 2.05) is 0 Å². The van der Waals surface area contributed by atoms with Crippen LogP contribution in [-0.4, -0.2) is 34.7 Å². The fourth-order valence-corrected chi connectivity index (χ4v) is 4.73. The monoisotopic (exact) mass is 430 g/mol. The second-order valence-electron chi connectivity index (χ2n) is 4.80. The van der Waals surface area contributed by atoms with Crippen molar-refractivity contribution in [2.45, 2.75) is 17.7 Å². The van der Waals surface area contributed by atoms with Crippen molar-refractivity contribution in [2.24, 2.45) is 0 Å². The molecule has 2 heterocycles. The standard InChI is InChI=1S/C13H11ClN6O3S3/c1-2-9(21)15-11-17-19-13(25-11)26(22,23)20-12-18-16-10(24-12)7-3-5-8(14)6-4-7/h3-6H,2H2,1H3,(H,18,20)(H,15,17,21). The molecule has 13 heteroatoms. The van der Waals surface area contributed by atoms with Crippen molar-refractivity contribution in [2.75, 3.05) is 10.0 Å². The van der Waals surface area contributed by atoms with Crippen LogP contribution < -0.4 is 10.0 Å². The molecule has 1 amide bonds. The summed E-state index contributed by atoms with van der Waals surface area (Å²) in [5.74, 6) is -0.283. The number of carbonyl (C=O) groups excluding carboxylic acids is 1. The third kappa shape index (κ3) is 4.33. The van der Waals surface area contributed by atoms with E-state index in [0.717, 1.165) is 28.2 Å². The van der Waals surface area contributed by atoms with Crippen LogP contribution in [0.1, 0.15) is 13.3 Å². The Hall–Kier alpha value is -2.15. The Labute approximate surface area is 161 Å². The summed E-state index contributed by atoms with van der Waals surface area (Å²) in [7, 11) is -3.98. The average Bonchev–Trinajstić information content (AvgIpc) is 3.25. The van der Waals surface area contributed by atoms with Crippen LogP contribution in [-0.2, 0) is 14.8 Å². The van der Waals surface area contributed by atoms with Crippen molar-refractivity contribution in [1.82, 2.24) is 20.4 Å². The summed E-state index contributed by atoms with van der Waals surface area (Å²) in [5.41, 5.74) is 0.762. The Balaban J connectivity index is 1.76. The maximum Gasteiger partial charge on any atom is 0.293 e. The summed E-state index contributed by atoms with van der Waals surface area (Å²) in [5, 5.41) is 18.8. The van der Waals surface area contributed by atoms with Gasteiger partial charge in [0.05, 0.1) is 0 Å². The first-order valence-corrected chi connectivity index (χ1v) is 10.6. The van der Waals surface area contributed by atoms with Gasteiger partial charge in [-0.05, 0) is 12.1 Å². The fraction of sp³-hybridized carbons (Fsp3) is 0.154. The van der Waals surface area contributed by atoms with Gasteiger partial charge in [0, 0.05) is 17.0 Å². The zero-order valence-electron chi connectivity index (χ0n) is 13.1. The number of hydrogen-bond donors (Lipinski definition) is 2. The van der Waals surface area contributed by atoms with Gasteiger partial charge in [0.25, 0.3) is 14.4 Å². The van der Waals surface area contributed by atoms with Gasteiger partial charge >= 0.3 is 0 Å². The lowest BCUT2D eigenvalue weighted by Gasteiger charge is -1.99. The molecule has 3 rings (SSSR count). The van der Waals surface area contributed by atoms with Gasteiger partial charge in [0.1, 0.15) is 5.01 Å². The van der Waals surface area contributed by atoms with E-state index in [1.165, 1.54) is 0 Å². The number of carbonyl (C=O) groups is 1. The van der Waals surface area contributed by atoms with Crippen molar-refractivity contribution in [3.63, 3.8) is 0 Å². The molecule has 2 aromatic heterocycles. The second kappa shape index (κ2) is 7.61. The van der Waals surface area contributed by atoms with E-state index in [9.17, 15) is 13.2 Å². The molecule has 0 saturated heterocycles. The van der Waals surface area contributed by atoms with Gasteiger partial charge in [-0.1, -0.05) is 53.3 Å². The van der Waals surface area contributed by atoms with Crippen LogP contribution in [0.2, 0.25) is 5.02 Å². The molecule has 3 aromatic rings. The molecule has 2 N–H and O–H groups in total. The van der Waals surface area contributed by atoms with Crippen LogP contribution in [0, 0.1) is 0 Å². The number of rotatable bonds is 6. The molecule has 0 aliphatic rings. The molecular formula is C13H11ClN6O3S3. The van der Waals surface area contributed by atoms with Crippen LogP contribution in [0.3, 0.4) is 0 Å². The first kappa shape index (κ1) is 18.6. The minimum atomic E-state index is -3.98. The quantitative estimate of drug-likeness (QED) is 0.575. The number of anilines is 2. The molecule has 0 saturated carbocycles. The molecule has 0 fully saturated rings. The Morgan fingerprint density at radius 1 is 1.08 bits per heavy atom. The lowest BCUT2D eigenvalue weighted by Crippen LogP contribution is -2.12. The molecule has 0 unspecified atom stereocenters. The van der Waals surface area contributed by atoms with Gasteiger partial charge < -0.3 is 5.32 Å². The van der Waals surface area contributed by atoms with E-state index in [4.69, 9.17) is 11.6 Å². The molecule has 136 valence electrons. The highest BCUT2D eigenvalue weighted by Crippen LogP contribution is 2.29. The highest BCUT2D eigenvalue weighted by molar-refractivity contribution is 7.94. The van der Waals surface area contributed by atoms with Gasteiger partial charge in [-0.15, -0.1) is 20.4 Å². The average molecular weight is 431 g/mol. The molecule has 26 heavy (non-hydrogen) atoms. The first-order valence-electron chi connectivity index (χ1n) is 7.13. The number of sulfonamides is 1. The van der Waals surface area contributed by atoms with Gasteiger partial charge in [-0.3, -0.25) is 9.52 Å². The lowest BCUT2D eigenvalue weighted by atomic mass is 10.2. The van der Waals surface area contributed by atoms with Gasteiger partial charge in [0.2, 0.25) is 16.2 Å². The molecule has 1 aromatic carbocycles. The minimum Gasteiger partial charge on any atom is -0.301 e. The summed E-state index contributed by atoms with van der Waals surface area (Å²) in [4.78, 5) is 11.3. The molecule has 0 spiro atoms. The van der Waals surface area contributed by atoms with Crippen LogP contribution in [0.25, 0.3) is 10.6 Å². The van der Waals surface area contributed by atoms with Gasteiger partial charge in [0.15, 0.2) is 0 Å². The zero-order valence-corrected chi connectivity index (χ0v) is 16.3. The maximum absolute atomic E-state index is 12.4. The summed E-state index contributed by atoms with van der Waals surface area (Å²) in [6, 6.07) is 6.92. The van der Waals surface area contributed by atoms with Crippen molar-refractivity contribution < 1.29 is 13.2 Å². The largest absolute Gasteiger partial charge is 0.301 e. The maximum atomic E-state index is 12.4. The number of aromatic nitrogens is 4. The highest BCUT2D eigenvalue weighted by Gasteiger charge is 2.23. The van der Waals surface area contributed by atoms with Crippen LogP contribution >= 0.6 is 34.3 Å². The SMILES string of the molecule is CCC(=O)Nc1nnc(S(=O)(=O)Nc2nnc(-c3ccc(Cl)cc3)s2)s1. The highest BCUT2D eigenvalue weighted by atomic mass is 35.5. The van der Waals surface area contributed by atoms with E-state index in [2.05, 4.69) is 30.4 Å². The zero-order chi connectivity index (χ0) is 18.7. The predicted molar refractivity (Wildman–Crippen MR) is 100.0 cm³/mol. The third-order valence-corrected chi connectivity index (χ3v) is 6.76. The molecule has 9 nitrogen and oxygen atoms in total. The smallest absolute Gasteiger partial charge is 0.293 e. The number of hydrogen-bond acceptors (Lipinski definition) is 9. The molecule has 0 bridgehead atoms. The van der Waals surface area contributed by atoms with E-state index >= 15 is 0 Å². The normalized spacial score (nSPS) is 11.3. The summed E-state index contributed by atoms with van der Waals surface area (Å²) < 4.78 is 26.8. The van der Waals surface area contributed by atoms with Crippen molar-refractivity contribution in [1.29, 1.82) is 0 Å². The Kier molecular flexibility index (Phi) is 5.46. The molecule has 0 aliphatic carbocycles. The Morgan fingerprint density at radius 2 is 1.77 bits per heavy atom. The number of amides is 1. The van der Waals surface area contributed by atoms with Crippen molar-refractivity contribution in [3.05, 3.63) is 29.3 Å². The van der Waals surface area contributed by atoms with E-state index in [0.29, 0.717) is 10.0 Å². The number of halogens is 1. The van der Waals surface area contributed by atoms with E-state index in [-0.39, 0.29) is 26.9 Å². The third-order valence-electron chi connectivity index (χ3n) is 2.94. The molecule has 0 atom stereocenters. The summed E-state index contributed by atoms with van der Waals surface area (Å²) >= 11 is 7.65. The second-order valence-corrected chi connectivity index (χ2v) is 9.05. The predicted octanol–water partition coefficient (Wildman–Crippen LogP) is 2.86. The van der Waals surface area contributed by atoms with Gasteiger partial charge in [-0.2, -0.15) is 8.42 Å². The molecule has 0 aliphatic heterocycles. The topological polar surface area (TPSA) is 127 Å². The van der Waals surface area contributed by atoms with Crippen molar-refractivity contribution >= 4 is 60.5 Å². The number of nitrogens with one attached hydrogen (secondary N) is 2. The summed E-state index contributed by atoms with van der Waals surface area (Å²) in [6.45, 7) is 1.67. The summed E-state index contributed by atoms with van der Waals surface area (Å²) in [6.07, 6.45) is 0.248. The fourth-order valence-electron chi connectivity index (χ4n) is 1.71. The number of benzene rings is 1. The van der Waals surface area contributed by atoms with E-state index < -0.39 is 10.0 Å². The van der Waals surface area contributed by atoms with Crippen LogP contribution in [0.15, 0.2) is 28.6 Å². The molecule has 0 radical (unpaired) electrons. The van der Waals surface area contributed by atoms with Crippen LogP contribution in [0.4, 0.5) is 10.3 Å². The molecular weight excluding hydrogens is 420 g/mol. The Morgan fingerprint density at radius 3 is 2.46 bits per heavy atom. The van der Waals surface area contributed by atoms with Gasteiger partial charge in [-0.25, -0.2) is 0 Å². The first-order chi connectivity index (χ1) is 12.4.